The van der Waals surface area contributed by atoms with Crippen LogP contribution in [0.5, 0.6) is 0 Å². The lowest BCUT2D eigenvalue weighted by atomic mass is 9.86. The number of nitrogens with zero attached hydrogens (tertiary/aromatic N) is 3. The molecular weight excluding hydrogens is 402 g/mol. The second-order valence-corrected chi connectivity index (χ2v) is 7.17. The van der Waals surface area contributed by atoms with Gasteiger partial charge in [0.25, 0.3) is 5.60 Å². The average molecular weight is 414 g/mol. The van der Waals surface area contributed by atoms with Gasteiger partial charge >= 0.3 is 6.18 Å². The van der Waals surface area contributed by atoms with E-state index in [-0.39, 0.29) is 21.3 Å². The van der Waals surface area contributed by atoms with Crippen molar-refractivity contribution in [3.05, 3.63) is 63.8 Å². The van der Waals surface area contributed by atoms with Gasteiger partial charge in [-0.3, -0.25) is 4.68 Å². The van der Waals surface area contributed by atoms with Crippen LogP contribution in [-0.2, 0) is 17.5 Å². The maximum atomic E-state index is 14.1. The Morgan fingerprint density at radius 1 is 1.15 bits per heavy atom. The molecule has 0 aliphatic carbocycles. The Labute approximate surface area is 162 Å². The fraction of sp³-hybridized carbons (Fsp3) is 0.222. The van der Waals surface area contributed by atoms with E-state index in [0.717, 1.165) is 5.52 Å². The number of fused-ring (bicyclic) bond motifs is 1. The third kappa shape index (κ3) is 2.85. The lowest BCUT2D eigenvalue weighted by molar-refractivity contribution is -0.275. The molecule has 2 aromatic carbocycles. The summed E-state index contributed by atoms with van der Waals surface area (Å²) in [6, 6.07) is 9.03. The zero-order chi connectivity index (χ0) is 19.4. The molecule has 0 fully saturated rings. The van der Waals surface area contributed by atoms with E-state index in [9.17, 15) is 13.2 Å². The van der Waals surface area contributed by atoms with Crippen LogP contribution in [-0.4, -0.2) is 21.7 Å². The Hall–Kier alpha value is -2.25. The van der Waals surface area contributed by atoms with Gasteiger partial charge in [-0.25, -0.2) is 0 Å². The summed E-state index contributed by atoms with van der Waals surface area (Å²) in [6.07, 6.45) is -3.63. The van der Waals surface area contributed by atoms with Gasteiger partial charge in [-0.15, -0.1) is 0 Å². The molecule has 0 radical (unpaired) electrons. The molecule has 1 aliphatic heterocycles. The summed E-state index contributed by atoms with van der Waals surface area (Å²) in [5.41, 5.74) is -1.33. The van der Waals surface area contributed by atoms with Gasteiger partial charge in [-0.2, -0.15) is 18.3 Å². The van der Waals surface area contributed by atoms with Gasteiger partial charge in [0, 0.05) is 40.0 Å². The van der Waals surface area contributed by atoms with Crippen molar-refractivity contribution in [1.82, 2.24) is 9.78 Å². The Bertz CT molecular complexity index is 1060. The minimum atomic E-state index is -4.73. The second kappa shape index (κ2) is 6.14. The molecule has 0 N–H and O–H groups in total. The monoisotopic (exact) mass is 413 g/mol. The topological polar surface area (TPSA) is 39.4 Å². The van der Waals surface area contributed by atoms with Gasteiger partial charge < -0.3 is 4.84 Å². The third-order valence-electron chi connectivity index (χ3n) is 4.62. The normalized spacial score (nSPS) is 20.0. The molecule has 0 bridgehead atoms. The first kappa shape index (κ1) is 18.1. The van der Waals surface area contributed by atoms with Crippen molar-refractivity contribution in [2.24, 2.45) is 12.2 Å². The molecule has 1 aliphatic rings. The van der Waals surface area contributed by atoms with Gasteiger partial charge in [0.1, 0.15) is 0 Å². The molecule has 2 heterocycles. The van der Waals surface area contributed by atoms with Crippen molar-refractivity contribution < 1.29 is 18.0 Å². The molecule has 1 aromatic heterocycles. The van der Waals surface area contributed by atoms with Crippen LogP contribution in [0.15, 0.2) is 47.8 Å². The predicted octanol–water partition coefficient (Wildman–Crippen LogP) is 5.46. The number of oxime groups is 1. The summed E-state index contributed by atoms with van der Waals surface area (Å²) in [5, 5.41) is 8.83. The second-order valence-electron chi connectivity index (χ2n) is 6.30. The molecule has 1 atom stereocenters. The number of aryl methyl sites for hydroxylation is 1. The van der Waals surface area contributed by atoms with Crippen molar-refractivity contribution in [2.45, 2.75) is 18.2 Å². The molecule has 0 saturated carbocycles. The summed E-state index contributed by atoms with van der Waals surface area (Å²) < 4.78 is 43.9. The number of hydrogen-bond acceptors (Lipinski definition) is 3. The molecular formula is C18H12Cl2F3N3O. The summed E-state index contributed by atoms with van der Waals surface area (Å²) >= 11 is 11.8. The van der Waals surface area contributed by atoms with Crippen LogP contribution in [0.3, 0.4) is 0 Å². The third-order valence-corrected chi connectivity index (χ3v) is 5.05. The number of hydrogen-bond donors (Lipinski definition) is 0. The highest BCUT2D eigenvalue weighted by Crippen LogP contribution is 2.50. The van der Waals surface area contributed by atoms with E-state index < -0.39 is 18.2 Å². The maximum absolute atomic E-state index is 14.1. The smallest absolute Gasteiger partial charge is 0.374 e. The molecule has 4 rings (SSSR count). The van der Waals surface area contributed by atoms with Gasteiger partial charge in [0.05, 0.1) is 17.4 Å². The highest BCUT2D eigenvalue weighted by Gasteiger charge is 2.62. The van der Waals surface area contributed by atoms with Crippen molar-refractivity contribution >= 4 is 39.8 Å². The zero-order valence-electron chi connectivity index (χ0n) is 13.9. The molecule has 140 valence electrons. The average Bonchev–Trinajstić information content (AvgIpc) is 3.19. The fourth-order valence-corrected chi connectivity index (χ4v) is 3.79. The van der Waals surface area contributed by atoms with Crippen LogP contribution in [0.2, 0.25) is 10.0 Å². The fourth-order valence-electron chi connectivity index (χ4n) is 3.26. The molecule has 0 spiro atoms. The molecule has 3 aromatic rings. The van der Waals surface area contributed by atoms with E-state index in [1.807, 2.05) is 6.07 Å². The largest absolute Gasteiger partial charge is 0.435 e. The van der Waals surface area contributed by atoms with Crippen LogP contribution in [0.1, 0.15) is 17.5 Å². The Morgan fingerprint density at radius 3 is 2.52 bits per heavy atom. The predicted molar refractivity (Wildman–Crippen MR) is 97.1 cm³/mol. The van der Waals surface area contributed by atoms with Crippen LogP contribution >= 0.6 is 23.2 Å². The van der Waals surface area contributed by atoms with Gasteiger partial charge in [-0.1, -0.05) is 40.5 Å². The molecule has 4 nitrogen and oxygen atoms in total. The van der Waals surface area contributed by atoms with E-state index in [0.29, 0.717) is 10.9 Å². The Balaban J connectivity index is 1.82. The van der Waals surface area contributed by atoms with Crippen molar-refractivity contribution in [3.63, 3.8) is 0 Å². The summed E-state index contributed by atoms with van der Waals surface area (Å²) in [4.78, 5) is 5.04. The Morgan fingerprint density at radius 2 is 1.85 bits per heavy atom. The van der Waals surface area contributed by atoms with E-state index in [2.05, 4.69) is 10.3 Å². The minimum Gasteiger partial charge on any atom is -0.374 e. The standard InChI is InChI=1S/C18H12Cl2F3N3O/c1-26-16-4-2-3-13(14(16)9-24-26)15-8-17(27-25-15,18(21,22)23)10-5-11(19)7-12(20)6-10/h2-7,9H,8H2,1H3. The molecule has 0 saturated heterocycles. The van der Waals surface area contributed by atoms with E-state index >= 15 is 0 Å². The zero-order valence-corrected chi connectivity index (χ0v) is 15.4. The highest BCUT2D eigenvalue weighted by atomic mass is 35.5. The molecule has 9 heteroatoms. The van der Waals surface area contributed by atoms with Crippen LogP contribution in [0.4, 0.5) is 13.2 Å². The van der Waals surface area contributed by atoms with Gasteiger partial charge in [0.2, 0.25) is 0 Å². The lowest BCUT2D eigenvalue weighted by Crippen LogP contribution is -2.42. The van der Waals surface area contributed by atoms with Gasteiger partial charge in [-0.05, 0) is 24.3 Å². The quantitative estimate of drug-likeness (QED) is 0.559. The first-order chi connectivity index (χ1) is 12.7. The summed E-state index contributed by atoms with van der Waals surface area (Å²) in [7, 11) is 1.76. The van der Waals surface area contributed by atoms with E-state index in [1.54, 1.807) is 30.1 Å². The lowest BCUT2D eigenvalue weighted by Gasteiger charge is -2.29. The van der Waals surface area contributed by atoms with Crippen LogP contribution in [0, 0.1) is 0 Å². The molecule has 27 heavy (non-hydrogen) atoms. The molecule has 1 unspecified atom stereocenters. The van der Waals surface area contributed by atoms with Crippen LogP contribution < -0.4 is 0 Å². The number of rotatable bonds is 2. The van der Waals surface area contributed by atoms with Crippen molar-refractivity contribution in [1.29, 1.82) is 0 Å². The highest BCUT2D eigenvalue weighted by molar-refractivity contribution is 6.34. The van der Waals surface area contributed by atoms with Crippen molar-refractivity contribution in [2.75, 3.05) is 0 Å². The van der Waals surface area contributed by atoms with E-state index in [4.69, 9.17) is 28.0 Å². The number of halogens is 5. The molecule has 0 amide bonds. The summed E-state index contributed by atoms with van der Waals surface area (Å²) in [6.45, 7) is 0. The first-order valence-electron chi connectivity index (χ1n) is 7.91. The Kier molecular flexibility index (Phi) is 4.12. The number of aromatic nitrogens is 2. The van der Waals surface area contributed by atoms with Crippen molar-refractivity contribution in [3.8, 4) is 0 Å². The van der Waals surface area contributed by atoms with E-state index in [1.165, 1.54) is 18.2 Å². The summed E-state index contributed by atoms with van der Waals surface area (Å²) in [5.74, 6) is 0. The first-order valence-corrected chi connectivity index (χ1v) is 8.66. The SMILES string of the molecule is Cn1ncc2c(C3=NOC(c4cc(Cl)cc(Cl)c4)(C(F)(F)F)C3)cccc21. The van der Waals surface area contributed by atoms with Gasteiger partial charge in [0.15, 0.2) is 0 Å². The number of alkyl halides is 3. The minimum absolute atomic E-state index is 0.0903. The number of benzene rings is 2. The maximum Gasteiger partial charge on any atom is 0.435 e. The van der Waals surface area contributed by atoms with Crippen LogP contribution in [0.25, 0.3) is 10.9 Å².